The number of ether oxygens (including phenoxy) is 1. The second-order valence-electron chi connectivity index (χ2n) is 4.63. The average molecular weight is 308 g/mol. The Bertz CT molecular complexity index is 408. The Hall–Kier alpha value is -0.820. The van der Waals surface area contributed by atoms with E-state index in [2.05, 4.69) is 20.7 Å². The zero-order chi connectivity index (χ0) is 11.7. The molecule has 1 aromatic heterocycles. The van der Waals surface area contributed by atoms with Crippen LogP contribution in [0.2, 0.25) is 0 Å². The van der Waals surface area contributed by atoms with Crippen molar-refractivity contribution >= 4 is 36.4 Å². The van der Waals surface area contributed by atoms with Crippen LogP contribution in [0.5, 0.6) is 0 Å². The quantitative estimate of drug-likeness (QED) is 0.581. The Morgan fingerprint density at radius 1 is 1.26 bits per heavy atom. The average Bonchev–Trinajstić information content (AvgIpc) is 2.36. The van der Waals surface area contributed by atoms with E-state index < -0.39 is 0 Å². The van der Waals surface area contributed by atoms with E-state index in [0.717, 1.165) is 18.8 Å². The van der Waals surface area contributed by atoms with Crippen LogP contribution < -0.4 is 16.6 Å². The minimum Gasteiger partial charge on any atom is -0.378 e. The number of nitrogens with zero attached hydrogens (tertiary/aromatic N) is 2. The molecule has 1 saturated heterocycles. The summed E-state index contributed by atoms with van der Waals surface area (Å²) in [6.07, 6.45) is 5.44. The molecule has 6 nitrogen and oxygen atoms in total. The molecule has 2 heterocycles. The fourth-order valence-electron chi connectivity index (χ4n) is 2.67. The molecule has 108 valence electrons. The zero-order valence-corrected chi connectivity index (χ0v) is 12.0. The van der Waals surface area contributed by atoms with Gasteiger partial charge >= 0.3 is 0 Å². The molecular weight excluding hydrogens is 289 g/mol. The zero-order valence-electron chi connectivity index (χ0n) is 10.4. The van der Waals surface area contributed by atoms with Gasteiger partial charge in [-0.25, -0.2) is 15.8 Å². The van der Waals surface area contributed by atoms with Crippen molar-refractivity contribution in [3.63, 3.8) is 0 Å². The second-order valence-corrected chi connectivity index (χ2v) is 4.63. The van der Waals surface area contributed by atoms with Crippen LogP contribution in [0.3, 0.4) is 0 Å². The minimum atomic E-state index is 0. The number of hydrogen-bond acceptors (Lipinski definition) is 6. The number of rotatable bonds is 3. The molecular formula is C11H19Cl2N5O. The molecule has 19 heavy (non-hydrogen) atoms. The van der Waals surface area contributed by atoms with Crippen LogP contribution >= 0.6 is 24.8 Å². The van der Waals surface area contributed by atoms with Crippen molar-refractivity contribution in [2.75, 3.05) is 17.3 Å². The summed E-state index contributed by atoms with van der Waals surface area (Å²) >= 11 is 0. The molecule has 2 fully saturated rings. The number of nitrogens with one attached hydrogen (secondary N) is 2. The van der Waals surface area contributed by atoms with Crippen molar-refractivity contribution in [1.82, 2.24) is 9.97 Å². The minimum absolute atomic E-state index is 0. The Labute approximate surface area is 124 Å². The molecule has 3 rings (SSSR count). The fourth-order valence-corrected chi connectivity index (χ4v) is 2.67. The molecule has 0 bridgehead atoms. The van der Waals surface area contributed by atoms with Crippen molar-refractivity contribution in [3.8, 4) is 0 Å². The van der Waals surface area contributed by atoms with Gasteiger partial charge in [-0.2, -0.15) is 0 Å². The lowest BCUT2D eigenvalue weighted by Gasteiger charge is -2.47. The van der Waals surface area contributed by atoms with Gasteiger partial charge < -0.3 is 15.5 Å². The normalized spacial score (nSPS) is 27.9. The summed E-state index contributed by atoms with van der Waals surface area (Å²) in [5.74, 6) is 7.39. The number of nitrogen functional groups attached to an aromatic ring is 1. The Balaban J connectivity index is 0.000000902. The van der Waals surface area contributed by atoms with Gasteiger partial charge in [0.15, 0.2) is 0 Å². The lowest BCUT2D eigenvalue weighted by Crippen LogP contribution is -2.53. The van der Waals surface area contributed by atoms with E-state index in [1.807, 2.05) is 6.07 Å². The summed E-state index contributed by atoms with van der Waals surface area (Å²) in [6, 6.07) is 2.29. The molecule has 3 atom stereocenters. The smallest absolute Gasteiger partial charge is 0.145 e. The van der Waals surface area contributed by atoms with E-state index in [0.29, 0.717) is 23.9 Å². The van der Waals surface area contributed by atoms with Crippen LogP contribution in [0.1, 0.15) is 19.3 Å². The highest BCUT2D eigenvalue weighted by atomic mass is 35.5. The Morgan fingerprint density at radius 3 is 2.79 bits per heavy atom. The molecule has 1 saturated carbocycles. The summed E-state index contributed by atoms with van der Waals surface area (Å²) in [5, 5.41) is 3.43. The molecule has 8 heteroatoms. The van der Waals surface area contributed by atoms with E-state index in [1.165, 1.54) is 19.2 Å². The first kappa shape index (κ1) is 16.2. The fraction of sp³-hybridized carbons (Fsp3) is 0.636. The number of hydrogen-bond donors (Lipinski definition) is 3. The van der Waals surface area contributed by atoms with Crippen LogP contribution in [-0.4, -0.2) is 28.7 Å². The third kappa shape index (κ3) is 3.39. The first-order valence-electron chi connectivity index (χ1n) is 6.03. The summed E-state index contributed by atoms with van der Waals surface area (Å²) in [4.78, 5) is 8.17. The second kappa shape index (κ2) is 7.09. The Morgan fingerprint density at radius 2 is 2.05 bits per heavy atom. The molecule has 2 aliphatic rings. The maximum absolute atomic E-state index is 5.68. The van der Waals surface area contributed by atoms with E-state index in [9.17, 15) is 0 Å². The van der Waals surface area contributed by atoms with Gasteiger partial charge in [-0.05, 0) is 19.3 Å². The Kier molecular flexibility index (Phi) is 6.06. The van der Waals surface area contributed by atoms with Crippen molar-refractivity contribution < 1.29 is 4.74 Å². The first-order valence-corrected chi connectivity index (χ1v) is 6.03. The predicted octanol–water partition coefficient (Wildman–Crippen LogP) is 1.59. The van der Waals surface area contributed by atoms with Gasteiger partial charge in [-0.15, -0.1) is 24.8 Å². The highest BCUT2D eigenvalue weighted by Crippen LogP contribution is 2.39. The lowest BCUT2D eigenvalue weighted by molar-refractivity contribution is -0.0898. The molecule has 3 unspecified atom stereocenters. The number of hydrazine groups is 1. The lowest BCUT2D eigenvalue weighted by atomic mass is 9.72. The van der Waals surface area contributed by atoms with Gasteiger partial charge in [0, 0.05) is 24.6 Å². The SMILES string of the molecule is Cl.Cl.NNc1cc(NC2CC3OCCCC23)ncn1. The van der Waals surface area contributed by atoms with Crippen molar-refractivity contribution in [2.45, 2.75) is 31.4 Å². The molecule has 1 aliphatic carbocycles. The summed E-state index contributed by atoms with van der Waals surface area (Å²) < 4.78 is 5.68. The number of aromatic nitrogens is 2. The van der Waals surface area contributed by atoms with Gasteiger partial charge in [0.05, 0.1) is 6.10 Å². The van der Waals surface area contributed by atoms with Gasteiger partial charge in [-0.1, -0.05) is 0 Å². The van der Waals surface area contributed by atoms with Crippen molar-refractivity contribution in [1.29, 1.82) is 0 Å². The van der Waals surface area contributed by atoms with E-state index in [-0.39, 0.29) is 24.8 Å². The first-order chi connectivity index (χ1) is 8.36. The maximum atomic E-state index is 5.68. The number of fused-ring (bicyclic) bond motifs is 1. The molecule has 0 radical (unpaired) electrons. The molecule has 0 aromatic carbocycles. The monoisotopic (exact) mass is 307 g/mol. The largest absolute Gasteiger partial charge is 0.378 e. The third-order valence-electron chi connectivity index (χ3n) is 3.64. The standard InChI is InChI=1S/C11H17N5O.2ClH/c12-16-11-5-10(13-6-14-11)15-8-4-9-7(8)2-1-3-17-9;;/h5-9H,1-4,12H2,(H2,13,14,15,16);2*1H. The van der Waals surface area contributed by atoms with E-state index >= 15 is 0 Å². The molecule has 0 amide bonds. The predicted molar refractivity (Wildman–Crippen MR) is 78.8 cm³/mol. The molecule has 4 N–H and O–H groups in total. The van der Waals surface area contributed by atoms with Gasteiger partial charge in [0.25, 0.3) is 0 Å². The van der Waals surface area contributed by atoms with E-state index in [4.69, 9.17) is 10.6 Å². The molecule has 0 spiro atoms. The number of nitrogens with two attached hydrogens (primary N) is 1. The summed E-state index contributed by atoms with van der Waals surface area (Å²) in [5.41, 5.74) is 2.52. The number of halogens is 2. The summed E-state index contributed by atoms with van der Waals surface area (Å²) in [6.45, 7) is 0.919. The van der Waals surface area contributed by atoms with E-state index in [1.54, 1.807) is 0 Å². The molecule has 1 aromatic rings. The van der Waals surface area contributed by atoms with Crippen LogP contribution in [-0.2, 0) is 4.74 Å². The van der Waals surface area contributed by atoms with Crippen LogP contribution in [0.15, 0.2) is 12.4 Å². The van der Waals surface area contributed by atoms with Gasteiger partial charge in [0.2, 0.25) is 0 Å². The maximum Gasteiger partial charge on any atom is 0.145 e. The molecule has 1 aliphatic heterocycles. The van der Waals surface area contributed by atoms with Crippen molar-refractivity contribution in [3.05, 3.63) is 12.4 Å². The van der Waals surface area contributed by atoms with Crippen LogP contribution in [0.4, 0.5) is 11.6 Å². The summed E-state index contributed by atoms with van der Waals surface area (Å²) in [7, 11) is 0. The highest BCUT2D eigenvalue weighted by molar-refractivity contribution is 5.85. The highest BCUT2D eigenvalue weighted by Gasteiger charge is 2.43. The van der Waals surface area contributed by atoms with Gasteiger partial charge in [-0.3, -0.25) is 0 Å². The van der Waals surface area contributed by atoms with Crippen LogP contribution in [0.25, 0.3) is 0 Å². The van der Waals surface area contributed by atoms with Gasteiger partial charge in [0.1, 0.15) is 18.0 Å². The third-order valence-corrected chi connectivity index (χ3v) is 3.64. The number of anilines is 2. The van der Waals surface area contributed by atoms with Crippen molar-refractivity contribution in [2.24, 2.45) is 11.8 Å². The topological polar surface area (TPSA) is 85.1 Å². The van der Waals surface area contributed by atoms with Crippen LogP contribution in [0, 0.1) is 5.92 Å².